The van der Waals surface area contributed by atoms with Crippen LogP contribution in [0.3, 0.4) is 0 Å². The van der Waals surface area contributed by atoms with E-state index in [2.05, 4.69) is 0 Å². The smallest absolute Gasteiger partial charge is 0.127 e. The van der Waals surface area contributed by atoms with E-state index >= 15 is 0 Å². The summed E-state index contributed by atoms with van der Waals surface area (Å²) in [7, 11) is 0. The maximum Gasteiger partial charge on any atom is 0.127 e. The van der Waals surface area contributed by atoms with E-state index in [-0.39, 0.29) is 6.61 Å². The van der Waals surface area contributed by atoms with E-state index in [0.717, 1.165) is 22.5 Å². The molecule has 0 radical (unpaired) electrons. The predicted octanol–water partition coefficient (Wildman–Crippen LogP) is 3.23. The standard InChI is InChI=1S/C19H19NO2/c1-19(22,16-9-3-2-4-10-16)18-12-7-13-20(18)17-11-6-5-8-15(17)14-21/h2-13,21-22H,14H2,1H3/t19-/m0/s1. The molecule has 1 aromatic heterocycles. The van der Waals surface area contributed by atoms with Gasteiger partial charge in [0.1, 0.15) is 5.60 Å². The summed E-state index contributed by atoms with van der Waals surface area (Å²) in [5.41, 5.74) is 2.17. The number of hydrogen-bond donors (Lipinski definition) is 2. The minimum absolute atomic E-state index is 0.0404. The summed E-state index contributed by atoms with van der Waals surface area (Å²) >= 11 is 0. The Morgan fingerprint density at radius 2 is 1.59 bits per heavy atom. The third-order valence-corrected chi connectivity index (χ3v) is 4.00. The Morgan fingerprint density at radius 1 is 0.909 bits per heavy atom. The number of aromatic nitrogens is 1. The van der Waals surface area contributed by atoms with Crippen molar-refractivity contribution in [2.75, 3.05) is 0 Å². The lowest BCUT2D eigenvalue weighted by Crippen LogP contribution is -2.26. The van der Waals surface area contributed by atoms with Gasteiger partial charge in [0.15, 0.2) is 0 Å². The highest BCUT2D eigenvalue weighted by atomic mass is 16.3. The van der Waals surface area contributed by atoms with Gasteiger partial charge in [-0.25, -0.2) is 0 Å². The van der Waals surface area contributed by atoms with Gasteiger partial charge in [0.2, 0.25) is 0 Å². The Labute approximate surface area is 130 Å². The molecule has 3 rings (SSSR count). The van der Waals surface area contributed by atoms with Crippen molar-refractivity contribution in [3.8, 4) is 5.69 Å². The molecule has 0 aliphatic rings. The van der Waals surface area contributed by atoms with Crippen molar-refractivity contribution in [2.24, 2.45) is 0 Å². The van der Waals surface area contributed by atoms with Gasteiger partial charge >= 0.3 is 0 Å². The van der Waals surface area contributed by atoms with Gasteiger partial charge < -0.3 is 14.8 Å². The first-order chi connectivity index (χ1) is 10.6. The van der Waals surface area contributed by atoms with E-state index in [1.807, 2.05) is 77.5 Å². The molecule has 0 amide bonds. The molecule has 0 spiro atoms. The number of benzene rings is 2. The Kier molecular flexibility index (Phi) is 3.84. The van der Waals surface area contributed by atoms with Gasteiger partial charge in [-0.15, -0.1) is 0 Å². The van der Waals surface area contributed by atoms with E-state index in [0.29, 0.717) is 0 Å². The molecule has 0 aliphatic heterocycles. The van der Waals surface area contributed by atoms with Crippen molar-refractivity contribution in [1.82, 2.24) is 4.57 Å². The molecule has 3 heteroatoms. The van der Waals surface area contributed by atoms with Crippen molar-refractivity contribution in [2.45, 2.75) is 19.1 Å². The molecule has 1 heterocycles. The molecule has 0 fully saturated rings. The highest BCUT2D eigenvalue weighted by Crippen LogP contribution is 2.31. The van der Waals surface area contributed by atoms with Crippen LogP contribution in [0.15, 0.2) is 72.9 Å². The van der Waals surface area contributed by atoms with E-state index in [1.165, 1.54) is 0 Å². The average Bonchev–Trinajstić information content (AvgIpc) is 3.06. The van der Waals surface area contributed by atoms with Crippen LogP contribution in [0.25, 0.3) is 5.69 Å². The summed E-state index contributed by atoms with van der Waals surface area (Å²) < 4.78 is 1.93. The third kappa shape index (κ3) is 2.45. The molecule has 0 bridgehead atoms. The van der Waals surface area contributed by atoms with Gasteiger partial charge in [0, 0.05) is 11.8 Å². The molecule has 112 valence electrons. The number of aliphatic hydroxyl groups excluding tert-OH is 1. The van der Waals surface area contributed by atoms with Crippen LogP contribution in [0.5, 0.6) is 0 Å². The van der Waals surface area contributed by atoms with Crippen molar-refractivity contribution in [1.29, 1.82) is 0 Å². The van der Waals surface area contributed by atoms with Gasteiger partial charge in [0.05, 0.1) is 18.0 Å². The number of aliphatic hydroxyl groups is 2. The Balaban J connectivity index is 2.13. The molecule has 0 saturated carbocycles. The van der Waals surface area contributed by atoms with Gasteiger partial charge in [0.25, 0.3) is 0 Å². The number of para-hydroxylation sites is 1. The van der Waals surface area contributed by atoms with Crippen LogP contribution in [0.1, 0.15) is 23.7 Å². The summed E-state index contributed by atoms with van der Waals surface area (Å²) in [5, 5.41) is 20.6. The topological polar surface area (TPSA) is 45.4 Å². The lowest BCUT2D eigenvalue weighted by molar-refractivity contribution is 0.0955. The Morgan fingerprint density at radius 3 is 2.32 bits per heavy atom. The van der Waals surface area contributed by atoms with Crippen LogP contribution in [0, 0.1) is 0 Å². The number of nitrogens with zero attached hydrogens (tertiary/aromatic N) is 1. The second kappa shape index (κ2) is 5.79. The van der Waals surface area contributed by atoms with E-state index in [9.17, 15) is 10.2 Å². The number of rotatable bonds is 4. The molecule has 0 unspecified atom stereocenters. The molecule has 22 heavy (non-hydrogen) atoms. The Hall–Kier alpha value is -2.36. The summed E-state index contributed by atoms with van der Waals surface area (Å²) in [6.45, 7) is 1.75. The third-order valence-electron chi connectivity index (χ3n) is 4.00. The van der Waals surface area contributed by atoms with Crippen molar-refractivity contribution >= 4 is 0 Å². The second-order valence-corrected chi connectivity index (χ2v) is 5.49. The van der Waals surface area contributed by atoms with Crippen LogP contribution in [0.2, 0.25) is 0 Å². The first kappa shape index (κ1) is 14.6. The monoisotopic (exact) mass is 293 g/mol. The zero-order valence-electron chi connectivity index (χ0n) is 12.5. The predicted molar refractivity (Wildman–Crippen MR) is 86.8 cm³/mol. The summed E-state index contributed by atoms with van der Waals surface area (Å²) in [6.07, 6.45) is 1.90. The molecular weight excluding hydrogens is 274 g/mol. The molecule has 3 nitrogen and oxygen atoms in total. The highest BCUT2D eigenvalue weighted by molar-refractivity contribution is 5.45. The lowest BCUT2D eigenvalue weighted by Gasteiger charge is -2.26. The second-order valence-electron chi connectivity index (χ2n) is 5.49. The first-order valence-electron chi connectivity index (χ1n) is 7.29. The van der Waals surface area contributed by atoms with Crippen molar-refractivity contribution in [3.63, 3.8) is 0 Å². The van der Waals surface area contributed by atoms with E-state index in [4.69, 9.17) is 0 Å². The molecule has 0 aliphatic carbocycles. The van der Waals surface area contributed by atoms with Crippen molar-refractivity contribution in [3.05, 3.63) is 89.7 Å². The molecule has 0 saturated heterocycles. The zero-order chi connectivity index (χ0) is 15.6. The van der Waals surface area contributed by atoms with Gasteiger partial charge in [-0.2, -0.15) is 0 Å². The van der Waals surface area contributed by atoms with E-state index < -0.39 is 5.60 Å². The number of hydrogen-bond acceptors (Lipinski definition) is 2. The molecule has 2 N–H and O–H groups in total. The fraction of sp³-hybridized carbons (Fsp3) is 0.158. The van der Waals surface area contributed by atoms with Crippen LogP contribution in [0.4, 0.5) is 0 Å². The van der Waals surface area contributed by atoms with E-state index in [1.54, 1.807) is 6.92 Å². The average molecular weight is 293 g/mol. The van der Waals surface area contributed by atoms with Crippen molar-refractivity contribution < 1.29 is 10.2 Å². The van der Waals surface area contributed by atoms with Crippen LogP contribution in [-0.4, -0.2) is 14.8 Å². The van der Waals surface area contributed by atoms with Gasteiger partial charge in [-0.3, -0.25) is 0 Å². The van der Waals surface area contributed by atoms with Gasteiger partial charge in [-0.05, 0) is 30.7 Å². The SMILES string of the molecule is C[C@](O)(c1ccccc1)c1cccn1-c1ccccc1CO. The summed E-state index contributed by atoms with van der Waals surface area (Å²) in [5.74, 6) is 0. The maximum absolute atomic E-state index is 11.1. The normalized spacial score (nSPS) is 13.8. The summed E-state index contributed by atoms with van der Waals surface area (Å²) in [6, 6.07) is 21.0. The van der Waals surface area contributed by atoms with Crippen LogP contribution in [-0.2, 0) is 12.2 Å². The van der Waals surface area contributed by atoms with Crippen LogP contribution >= 0.6 is 0 Å². The Bertz CT molecular complexity index is 760. The quantitative estimate of drug-likeness (QED) is 0.776. The molecular formula is C19H19NO2. The first-order valence-corrected chi connectivity index (χ1v) is 7.29. The van der Waals surface area contributed by atoms with Gasteiger partial charge in [-0.1, -0.05) is 48.5 Å². The zero-order valence-corrected chi connectivity index (χ0v) is 12.5. The summed E-state index contributed by atoms with van der Waals surface area (Å²) in [4.78, 5) is 0. The molecule has 3 aromatic rings. The minimum atomic E-state index is -1.12. The molecule has 2 aromatic carbocycles. The fourth-order valence-corrected chi connectivity index (χ4v) is 2.78. The molecule has 1 atom stereocenters. The lowest BCUT2D eigenvalue weighted by atomic mass is 9.92. The highest BCUT2D eigenvalue weighted by Gasteiger charge is 2.29. The minimum Gasteiger partial charge on any atom is -0.392 e. The van der Waals surface area contributed by atoms with Crippen LogP contribution < -0.4 is 0 Å². The largest absolute Gasteiger partial charge is 0.392 e. The maximum atomic E-state index is 11.1. The fourth-order valence-electron chi connectivity index (χ4n) is 2.78.